The Labute approximate surface area is 244 Å². The molecule has 2 fully saturated rings. The van der Waals surface area contributed by atoms with Crippen molar-refractivity contribution in [1.82, 2.24) is 20.2 Å². The summed E-state index contributed by atoms with van der Waals surface area (Å²) in [7, 11) is 1.99. The van der Waals surface area contributed by atoms with Gasteiger partial charge in [-0.25, -0.2) is 4.98 Å². The number of likely N-dealkylation sites (tertiary alicyclic amines) is 1. The van der Waals surface area contributed by atoms with Gasteiger partial charge >= 0.3 is 6.18 Å². The molecule has 2 aliphatic heterocycles. The summed E-state index contributed by atoms with van der Waals surface area (Å²) in [6.07, 6.45) is 0.616. The van der Waals surface area contributed by atoms with Crippen LogP contribution < -0.4 is 20.3 Å². The van der Waals surface area contributed by atoms with Crippen LogP contribution >= 0.6 is 0 Å². The van der Waals surface area contributed by atoms with Gasteiger partial charge in [-0.2, -0.15) is 18.2 Å². The van der Waals surface area contributed by atoms with Crippen LogP contribution in [0.15, 0.2) is 54.7 Å². The van der Waals surface area contributed by atoms with Crippen molar-refractivity contribution in [3.8, 4) is 5.75 Å². The van der Waals surface area contributed by atoms with Gasteiger partial charge in [-0.05, 0) is 70.0 Å². The van der Waals surface area contributed by atoms with E-state index in [1.54, 1.807) is 12.3 Å². The molecule has 11 heteroatoms. The van der Waals surface area contributed by atoms with E-state index in [0.29, 0.717) is 25.5 Å². The molecule has 8 nitrogen and oxygen atoms in total. The van der Waals surface area contributed by atoms with Crippen LogP contribution in [0.1, 0.15) is 42.4 Å². The highest BCUT2D eigenvalue weighted by molar-refractivity contribution is 5.79. The fourth-order valence-electron chi connectivity index (χ4n) is 5.45. The van der Waals surface area contributed by atoms with Crippen LogP contribution in [0.3, 0.4) is 0 Å². The number of benzene rings is 2. The molecule has 3 aromatic rings. The van der Waals surface area contributed by atoms with E-state index >= 15 is 0 Å². The first-order chi connectivity index (χ1) is 20.1. The highest BCUT2D eigenvalue weighted by Crippen LogP contribution is 2.35. The van der Waals surface area contributed by atoms with Crippen LogP contribution in [0.25, 0.3) is 0 Å². The zero-order valence-corrected chi connectivity index (χ0v) is 24.0. The molecule has 1 aromatic heterocycles. The van der Waals surface area contributed by atoms with Crippen LogP contribution in [0.4, 0.5) is 30.6 Å². The van der Waals surface area contributed by atoms with Gasteiger partial charge in [0.2, 0.25) is 11.9 Å². The van der Waals surface area contributed by atoms with Crippen LogP contribution in [-0.2, 0) is 17.5 Å². The van der Waals surface area contributed by atoms with Crippen LogP contribution in [0.5, 0.6) is 5.75 Å². The van der Waals surface area contributed by atoms with Crippen molar-refractivity contribution < 1.29 is 22.7 Å². The number of ether oxygens (including phenoxy) is 1. The van der Waals surface area contributed by atoms with Crippen molar-refractivity contribution in [2.75, 3.05) is 43.5 Å². The van der Waals surface area contributed by atoms with Gasteiger partial charge in [-0.15, -0.1) is 0 Å². The number of carbonyl (C=O) groups is 1. The number of alkyl halides is 3. The summed E-state index contributed by atoms with van der Waals surface area (Å²) in [4.78, 5) is 25.9. The minimum absolute atomic E-state index is 0.00651. The monoisotopic (exact) mass is 582 g/mol. The summed E-state index contributed by atoms with van der Waals surface area (Å²) in [5, 5.41) is 5.97. The third kappa shape index (κ3) is 7.70. The predicted molar refractivity (Wildman–Crippen MR) is 156 cm³/mol. The fourth-order valence-corrected chi connectivity index (χ4v) is 5.45. The van der Waals surface area contributed by atoms with Crippen molar-refractivity contribution >= 4 is 23.4 Å². The van der Waals surface area contributed by atoms with E-state index in [2.05, 4.69) is 25.5 Å². The maximum absolute atomic E-state index is 13.7. The molecule has 2 N–H and O–H groups in total. The van der Waals surface area contributed by atoms with E-state index in [9.17, 15) is 18.0 Å². The lowest BCUT2D eigenvalue weighted by atomic mass is 9.97. The average molecular weight is 583 g/mol. The van der Waals surface area contributed by atoms with E-state index in [4.69, 9.17) is 4.74 Å². The molecule has 1 amide bonds. The molecule has 2 aliphatic rings. The number of hydrogen-bond acceptors (Lipinski definition) is 7. The topological polar surface area (TPSA) is 82.6 Å². The lowest BCUT2D eigenvalue weighted by Gasteiger charge is -2.33. The third-order valence-corrected chi connectivity index (χ3v) is 7.95. The Hall–Kier alpha value is -3.86. The molecular weight excluding hydrogens is 545 g/mol. The molecule has 2 aromatic carbocycles. The molecule has 42 heavy (non-hydrogen) atoms. The number of carbonyl (C=O) groups excluding carboxylic acids is 1. The molecule has 5 rings (SSSR count). The lowest BCUT2D eigenvalue weighted by Crippen LogP contribution is -2.43. The predicted octanol–water partition coefficient (Wildman–Crippen LogP) is 5.55. The van der Waals surface area contributed by atoms with Crippen LogP contribution in [0, 0.1) is 12.8 Å². The Kier molecular flexibility index (Phi) is 9.15. The maximum atomic E-state index is 13.7. The number of halogens is 3. The summed E-state index contributed by atoms with van der Waals surface area (Å²) in [6, 6.07) is 13.6. The Morgan fingerprint density at radius 2 is 1.86 bits per heavy atom. The number of nitrogens with zero attached hydrogens (tertiary/aromatic N) is 4. The fraction of sp³-hybridized carbons (Fsp3) is 0.452. The Morgan fingerprint density at radius 3 is 2.60 bits per heavy atom. The number of likely N-dealkylation sites (N-methyl/N-ethyl adjacent to an activating group) is 1. The first kappa shape index (κ1) is 29.6. The van der Waals surface area contributed by atoms with Gasteiger partial charge in [0.15, 0.2) is 0 Å². The van der Waals surface area contributed by atoms with Crippen molar-refractivity contribution in [2.45, 2.75) is 51.4 Å². The smallest absolute Gasteiger partial charge is 0.416 e. The average Bonchev–Trinajstić information content (AvgIpc) is 3.39. The van der Waals surface area contributed by atoms with Crippen LogP contribution in [-0.4, -0.2) is 60.1 Å². The number of nitrogens with one attached hydrogen (secondary N) is 2. The third-order valence-electron chi connectivity index (χ3n) is 7.95. The number of rotatable bonds is 9. The lowest BCUT2D eigenvalue weighted by molar-refractivity contribution is -0.137. The molecule has 0 spiro atoms. The highest BCUT2D eigenvalue weighted by atomic mass is 19.4. The van der Waals surface area contributed by atoms with Gasteiger partial charge in [0.25, 0.3) is 0 Å². The number of amides is 1. The van der Waals surface area contributed by atoms with E-state index in [0.717, 1.165) is 56.5 Å². The first-order valence-corrected chi connectivity index (χ1v) is 14.4. The summed E-state index contributed by atoms with van der Waals surface area (Å²) in [6.45, 7) is 4.97. The van der Waals surface area contributed by atoms with E-state index in [1.807, 2.05) is 43.1 Å². The standard InChI is InChI=1S/C31H37F3N6O2/c1-21-7-9-22(10-8-21)18-36-29(41)23-5-3-14-40(19-23)28-11-12-35-30(38-28)37-25-15-24(31(32,33)34)16-27(17-25)42-20-26-6-4-13-39(26)2/h7-12,15-17,23,26H,3-6,13-14,18-20H2,1-2H3,(H,36,41)(H,35,37,38). The van der Waals surface area contributed by atoms with Crippen molar-refractivity contribution in [3.05, 3.63) is 71.4 Å². The number of anilines is 3. The SMILES string of the molecule is Cc1ccc(CNC(=O)C2CCCN(c3ccnc(Nc4cc(OCC5CCCN5C)cc(C(F)(F)F)c4)n3)C2)cc1. The molecule has 2 unspecified atom stereocenters. The normalized spacial score (nSPS) is 19.5. The van der Waals surface area contributed by atoms with Gasteiger partial charge in [0, 0.05) is 43.6 Å². The zero-order chi connectivity index (χ0) is 29.7. The number of aromatic nitrogens is 2. The largest absolute Gasteiger partial charge is 0.492 e. The quantitative estimate of drug-likeness (QED) is 0.342. The van der Waals surface area contributed by atoms with E-state index in [1.165, 1.54) is 11.6 Å². The molecule has 0 aliphatic carbocycles. The molecule has 0 saturated carbocycles. The van der Waals surface area contributed by atoms with Crippen molar-refractivity contribution in [1.29, 1.82) is 0 Å². The Balaban J connectivity index is 1.24. The number of piperidine rings is 1. The Morgan fingerprint density at radius 1 is 1.07 bits per heavy atom. The Bertz CT molecular complexity index is 1370. The number of hydrogen-bond donors (Lipinski definition) is 2. The van der Waals surface area contributed by atoms with Crippen molar-refractivity contribution in [2.24, 2.45) is 5.92 Å². The van der Waals surface area contributed by atoms with Gasteiger partial charge in [0.1, 0.15) is 18.2 Å². The summed E-state index contributed by atoms with van der Waals surface area (Å²) in [5.41, 5.74) is 1.58. The molecule has 0 bridgehead atoms. The van der Waals surface area contributed by atoms with Crippen LogP contribution in [0.2, 0.25) is 0 Å². The number of aryl methyl sites for hydroxylation is 1. The first-order valence-electron chi connectivity index (χ1n) is 14.4. The highest BCUT2D eigenvalue weighted by Gasteiger charge is 2.32. The molecule has 2 atom stereocenters. The summed E-state index contributed by atoms with van der Waals surface area (Å²) >= 11 is 0. The second-order valence-corrected chi connectivity index (χ2v) is 11.2. The van der Waals surface area contributed by atoms with Crippen molar-refractivity contribution in [3.63, 3.8) is 0 Å². The summed E-state index contributed by atoms with van der Waals surface area (Å²) < 4.78 is 46.9. The molecule has 0 radical (unpaired) electrons. The van der Waals surface area contributed by atoms with Gasteiger partial charge in [-0.1, -0.05) is 29.8 Å². The summed E-state index contributed by atoms with van der Waals surface area (Å²) in [5.74, 6) is 0.709. The second-order valence-electron chi connectivity index (χ2n) is 11.2. The zero-order valence-electron chi connectivity index (χ0n) is 24.0. The van der Waals surface area contributed by atoms with Gasteiger partial charge in [-0.3, -0.25) is 4.79 Å². The molecule has 224 valence electrons. The second kappa shape index (κ2) is 13.0. The molecule has 2 saturated heterocycles. The van der Waals surface area contributed by atoms with E-state index in [-0.39, 0.29) is 35.3 Å². The van der Waals surface area contributed by atoms with Gasteiger partial charge < -0.3 is 25.2 Å². The maximum Gasteiger partial charge on any atom is 0.416 e. The van der Waals surface area contributed by atoms with Gasteiger partial charge in [0.05, 0.1) is 11.5 Å². The minimum Gasteiger partial charge on any atom is -0.492 e. The van der Waals surface area contributed by atoms with E-state index < -0.39 is 11.7 Å². The minimum atomic E-state index is -4.54. The molecule has 3 heterocycles. The molecular formula is C31H37F3N6O2.